The molecule has 1 unspecified atom stereocenters. The van der Waals surface area contributed by atoms with Gasteiger partial charge in [-0.1, -0.05) is 24.7 Å². The predicted octanol–water partition coefficient (Wildman–Crippen LogP) is 1.66. The lowest BCUT2D eigenvalue weighted by Gasteiger charge is -2.13. The number of thiazole rings is 1. The highest BCUT2D eigenvalue weighted by atomic mass is 32.1. The van der Waals surface area contributed by atoms with Crippen molar-refractivity contribution in [1.82, 2.24) is 10.3 Å². The molecule has 0 saturated heterocycles. The normalized spacial score (nSPS) is 12.3. The van der Waals surface area contributed by atoms with Gasteiger partial charge in [0.2, 0.25) is 0 Å². The predicted molar refractivity (Wildman–Crippen MR) is 79.0 cm³/mol. The zero-order valence-electron chi connectivity index (χ0n) is 12.1. The van der Waals surface area contributed by atoms with E-state index in [1.54, 1.807) is 0 Å². The monoisotopic (exact) mass is 285 g/mol. The summed E-state index contributed by atoms with van der Waals surface area (Å²) in [6.45, 7) is 4.68. The van der Waals surface area contributed by atoms with Crippen molar-refractivity contribution in [3.8, 4) is 0 Å². The molecule has 1 heterocycles. The average Bonchev–Trinajstić information content (AvgIpc) is 2.76. The molecule has 0 saturated carbocycles. The second-order valence-corrected chi connectivity index (χ2v) is 5.78. The van der Waals surface area contributed by atoms with E-state index in [1.807, 2.05) is 25.9 Å². The van der Waals surface area contributed by atoms with Gasteiger partial charge in [0.25, 0.3) is 5.91 Å². The summed E-state index contributed by atoms with van der Waals surface area (Å²) in [5.41, 5.74) is 0.765. The minimum Gasteiger partial charge on any atom is -0.396 e. The molecule has 0 bridgehead atoms. The molecule has 2 N–H and O–H groups in total. The van der Waals surface area contributed by atoms with Gasteiger partial charge in [0.1, 0.15) is 4.88 Å². The number of aromatic nitrogens is 1. The Balaban J connectivity index is 2.63. The lowest BCUT2D eigenvalue weighted by molar-refractivity contribution is 0.0947. The van der Waals surface area contributed by atoms with Crippen LogP contribution in [0.15, 0.2) is 0 Å². The Bertz CT molecular complexity index is 418. The molecule has 6 heteroatoms. The summed E-state index contributed by atoms with van der Waals surface area (Å²) in [4.78, 5) is 19.0. The Hall–Kier alpha value is -1.14. The molecule has 19 heavy (non-hydrogen) atoms. The molecule has 5 nitrogen and oxygen atoms in total. The number of hydrogen-bond donors (Lipinski definition) is 2. The minimum absolute atomic E-state index is 0.0699. The van der Waals surface area contributed by atoms with Crippen LogP contribution < -0.4 is 10.2 Å². The Morgan fingerprint density at radius 2 is 2.21 bits per heavy atom. The lowest BCUT2D eigenvalue weighted by atomic mass is 10.0. The maximum absolute atomic E-state index is 12.1. The van der Waals surface area contributed by atoms with Crippen molar-refractivity contribution in [1.29, 1.82) is 0 Å². The standard InChI is InChI=1S/C13H23N3O2S/c1-5-10(6-7-17)8-14-12(18)11-9(2)15-13(19-11)16(3)4/h10,17H,5-8H2,1-4H3,(H,14,18). The molecule has 1 aromatic rings. The zero-order valence-corrected chi connectivity index (χ0v) is 12.9. The second-order valence-electron chi connectivity index (χ2n) is 4.80. The number of carbonyl (C=O) groups excluding carboxylic acids is 1. The molecule has 0 spiro atoms. The van der Waals surface area contributed by atoms with Crippen LogP contribution in [0.25, 0.3) is 0 Å². The fraction of sp³-hybridized carbons (Fsp3) is 0.692. The van der Waals surface area contributed by atoms with Gasteiger partial charge in [0.15, 0.2) is 5.13 Å². The van der Waals surface area contributed by atoms with E-state index in [9.17, 15) is 4.79 Å². The summed E-state index contributed by atoms with van der Waals surface area (Å²) in [6.07, 6.45) is 1.67. The van der Waals surface area contributed by atoms with Crippen LogP contribution in [-0.4, -0.2) is 43.2 Å². The van der Waals surface area contributed by atoms with Crippen LogP contribution in [0, 0.1) is 12.8 Å². The van der Waals surface area contributed by atoms with Gasteiger partial charge < -0.3 is 15.3 Å². The smallest absolute Gasteiger partial charge is 0.263 e. The first-order valence-electron chi connectivity index (χ1n) is 6.53. The van der Waals surface area contributed by atoms with E-state index in [4.69, 9.17) is 5.11 Å². The summed E-state index contributed by atoms with van der Waals surface area (Å²) < 4.78 is 0. The van der Waals surface area contributed by atoms with Crippen LogP contribution in [-0.2, 0) is 0 Å². The molecule has 0 aliphatic rings. The van der Waals surface area contributed by atoms with E-state index in [-0.39, 0.29) is 12.5 Å². The highest BCUT2D eigenvalue weighted by Crippen LogP contribution is 2.24. The van der Waals surface area contributed by atoms with Gasteiger partial charge in [0, 0.05) is 27.2 Å². The molecule has 0 fully saturated rings. The summed E-state index contributed by atoms with van der Waals surface area (Å²) in [5, 5.41) is 12.7. The molecule has 0 aliphatic carbocycles. The Morgan fingerprint density at radius 3 is 2.68 bits per heavy atom. The maximum Gasteiger partial charge on any atom is 0.263 e. The lowest BCUT2D eigenvalue weighted by Crippen LogP contribution is -2.29. The third-order valence-corrected chi connectivity index (χ3v) is 4.36. The van der Waals surface area contributed by atoms with Crippen molar-refractivity contribution in [2.75, 3.05) is 32.1 Å². The van der Waals surface area contributed by atoms with Crippen molar-refractivity contribution in [3.63, 3.8) is 0 Å². The first-order chi connectivity index (χ1) is 8.99. The van der Waals surface area contributed by atoms with E-state index in [1.165, 1.54) is 11.3 Å². The van der Waals surface area contributed by atoms with Crippen molar-refractivity contribution >= 4 is 22.4 Å². The first kappa shape index (κ1) is 15.9. The SMILES string of the molecule is CCC(CCO)CNC(=O)c1sc(N(C)C)nc1C. The highest BCUT2D eigenvalue weighted by Gasteiger charge is 2.17. The Morgan fingerprint density at radius 1 is 1.53 bits per heavy atom. The van der Waals surface area contributed by atoms with Gasteiger partial charge in [-0.3, -0.25) is 4.79 Å². The van der Waals surface area contributed by atoms with E-state index in [0.717, 1.165) is 23.7 Å². The summed E-state index contributed by atoms with van der Waals surface area (Å²) >= 11 is 1.40. The van der Waals surface area contributed by atoms with Crippen LogP contribution >= 0.6 is 11.3 Å². The third kappa shape index (κ3) is 4.47. The number of nitrogens with zero attached hydrogens (tertiary/aromatic N) is 2. The Labute approximate surface area is 118 Å². The number of aliphatic hydroxyl groups is 1. The molecule has 1 aromatic heterocycles. The van der Waals surface area contributed by atoms with Crippen LogP contribution in [0.4, 0.5) is 5.13 Å². The van der Waals surface area contributed by atoms with Crippen LogP contribution in [0.2, 0.25) is 0 Å². The zero-order chi connectivity index (χ0) is 14.4. The second kappa shape index (κ2) is 7.45. The van der Waals surface area contributed by atoms with E-state index in [0.29, 0.717) is 17.3 Å². The van der Waals surface area contributed by atoms with Gasteiger partial charge in [-0.15, -0.1) is 0 Å². The van der Waals surface area contributed by atoms with Gasteiger partial charge >= 0.3 is 0 Å². The molecule has 1 rings (SSSR count). The van der Waals surface area contributed by atoms with E-state index in [2.05, 4.69) is 17.2 Å². The number of carbonyl (C=O) groups is 1. The first-order valence-corrected chi connectivity index (χ1v) is 7.35. The van der Waals surface area contributed by atoms with E-state index < -0.39 is 0 Å². The quantitative estimate of drug-likeness (QED) is 0.799. The fourth-order valence-corrected chi connectivity index (χ4v) is 2.64. The van der Waals surface area contributed by atoms with Crippen molar-refractivity contribution in [2.24, 2.45) is 5.92 Å². The molecule has 0 aromatic carbocycles. The number of hydrogen-bond acceptors (Lipinski definition) is 5. The number of rotatable bonds is 7. The summed E-state index contributed by atoms with van der Waals surface area (Å²) in [6, 6.07) is 0. The number of aliphatic hydroxyl groups excluding tert-OH is 1. The van der Waals surface area contributed by atoms with Crippen molar-refractivity contribution in [2.45, 2.75) is 26.7 Å². The van der Waals surface area contributed by atoms with Gasteiger partial charge in [0.05, 0.1) is 5.69 Å². The fourth-order valence-electron chi connectivity index (χ4n) is 1.73. The van der Waals surface area contributed by atoms with Crippen LogP contribution in [0.1, 0.15) is 35.1 Å². The molecule has 108 valence electrons. The van der Waals surface area contributed by atoms with Crippen molar-refractivity contribution in [3.05, 3.63) is 10.6 Å². The summed E-state index contributed by atoms with van der Waals surface area (Å²) in [5.74, 6) is 0.259. The molecular weight excluding hydrogens is 262 g/mol. The molecular formula is C13H23N3O2S. The third-order valence-electron chi connectivity index (χ3n) is 3.04. The van der Waals surface area contributed by atoms with Gasteiger partial charge in [-0.25, -0.2) is 4.98 Å². The average molecular weight is 285 g/mol. The largest absolute Gasteiger partial charge is 0.396 e. The van der Waals surface area contributed by atoms with Crippen LogP contribution in [0.5, 0.6) is 0 Å². The van der Waals surface area contributed by atoms with Gasteiger partial charge in [-0.05, 0) is 19.3 Å². The van der Waals surface area contributed by atoms with E-state index >= 15 is 0 Å². The number of anilines is 1. The topological polar surface area (TPSA) is 65.5 Å². The highest BCUT2D eigenvalue weighted by molar-refractivity contribution is 7.17. The summed E-state index contributed by atoms with van der Waals surface area (Å²) in [7, 11) is 3.82. The molecule has 0 aliphatic heterocycles. The molecule has 1 atom stereocenters. The number of amides is 1. The minimum atomic E-state index is -0.0699. The number of aryl methyl sites for hydroxylation is 1. The Kier molecular flexibility index (Phi) is 6.24. The maximum atomic E-state index is 12.1. The molecule has 0 radical (unpaired) electrons. The number of nitrogens with one attached hydrogen (secondary N) is 1. The van der Waals surface area contributed by atoms with Gasteiger partial charge in [-0.2, -0.15) is 0 Å². The molecule has 1 amide bonds. The van der Waals surface area contributed by atoms with Crippen LogP contribution in [0.3, 0.4) is 0 Å². The van der Waals surface area contributed by atoms with Crippen molar-refractivity contribution < 1.29 is 9.90 Å².